The molecular weight excluding hydrogens is 254 g/mol. The molecule has 4 atom stereocenters. The Morgan fingerprint density at radius 2 is 1.60 bits per heavy atom. The maximum Gasteiger partial charge on any atom is 0.0768 e. The third kappa shape index (κ3) is 5.32. The van der Waals surface area contributed by atoms with Crippen LogP contribution in [0.3, 0.4) is 0 Å². The highest BCUT2D eigenvalue weighted by atomic mass is 16.3. The minimum absolute atomic E-state index is 0.0330. The lowest BCUT2D eigenvalue weighted by molar-refractivity contribution is -0.102. The molecule has 20 heavy (non-hydrogen) atoms. The molecule has 3 N–H and O–H groups in total. The second-order valence-corrected chi connectivity index (χ2v) is 6.28. The van der Waals surface area contributed by atoms with Gasteiger partial charge in [0.2, 0.25) is 0 Å². The molecule has 0 aromatic heterocycles. The summed E-state index contributed by atoms with van der Waals surface area (Å²) in [5.74, 6) is -0.155. The summed E-state index contributed by atoms with van der Waals surface area (Å²) < 4.78 is 0. The van der Waals surface area contributed by atoms with Gasteiger partial charge in [-0.3, -0.25) is 4.90 Å². The molecule has 4 heteroatoms. The lowest BCUT2D eigenvalue weighted by Crippen LogP contribution is -2.59. The van der Waals surface area contributed by atoms with E-state index in [9.17, 15) is 15.3 Å². The highest BCUT2D eigenvalue weighted by Gasteiger charge is 2.38. The largest absolute Gasteiger partial charge is 0.395 e. The lowest BCUT2D eigenvalue weighted by atomic mass is 9.87. The van der Waals surface area contributed by atoms with E-state index in [0.717, 1.165) is 13.0 Å². The van der Waals surface area contributed by atoms with Crippen LogP contribution in [0.5, 0.6) is 0 Å². The van der Waals surface area contributed by atoms with Crippen LogP contribution in [0.4, 0.5) is 0 Å². The molecule has 0 saturated carbocycles. The summed E-state index contributed by atoms with van der Waals surface area (Å²) >= 11 is 0. The molecule has 1 saturated heterocycles. The Kier molecular flexibility index (Phi) is 8.69. The number of unbranched alkanes of at least 4 members (excludes halogenated alkanes) is 6. The van der Waals surface area contributed by atoms with Crippen molar-refractivity contribution >= 4 is 0 Å². The van der Waals surface area contributed by atoms with Gasteiger partial charge in [0, 0.05) is 12.5 Å². The van der Waals surface area contributed by atoms with Crippen molar-refractivity contribution in [1.82, 2.24) is 4.90 Å². The summed E-state index contributed by atoms with van der Waals surface area (Å²) in [5.41, 5.74) is 0. The molecule has 0 aromatic rings. The zero-order chi connectivity index (χ0) is 15.0. The van der Waals surface area contributed by atoms with Crippen LogP contribution in [-0.2, 0) is 0 Å². The van der Waals surface area contributed by atoms with Crippen molar-refractivity contribution in [2.45, 2.75) is 77.0 Å². The van der Waals surface area contributed by atoms with Crippen LogP contribution in [-0.4, -0.2) is 58.2 Å². The van der Waals surface area contributed by atoms with Gasteiger partial charge in [0.05, 0.1) is 24.9 Å². The summed E-state index contributed by atoms with van der Waals surface area (Å²) in [6.07, 6.45) is 7.66. The van der Waals surface area contributed by atoms with Crippen molar-refractivity contribution in [3.8, 4) is 0 Å². The van der Waals surface area contributed by atoms with Crippen LogP contribution in [0.25, 0.3) is 0 Å². The topological polar surface area (TPSA) is 63.9 Å². The molecule has 120 valence electrons. The first-order chi connectivity index (χ1) is 9.61. The van der Waals surface area contributed by atoms with E-state index >= 15 is 0 Å². The number of rotatable bonds is 9. The molecule has 1 rings (SSSR count). The van der Waals surface area contributed by atoms with Gasteiger partial charge in [0.25, 0.3) is 0 Å². The minimum atomic E-state index is -0.631. The molecule has 0 spiro atoms. The van der Waals surface area contributed by atoms with Gasteiger partial charge in [-0.2, -0.15) is 0 Å². The van der Waals surface area contributed by atoms with Crippen LogP contribution in [0.1, 0.15) is 58.8 Å². The standard InChI is InChI=1S/C16H33NO3/c1-3-4-5-6-7-8-9-10-17-11-15(19)13(2)16(20)14(17)12-18/h13-16,18-20H,3-12H2,1-2H3/t13-,14-,15+,16+/m1/s1. The van der Waals surface area contributed by atoms with Crippen molar-refractivity contribution in [3.05, 3.63) is 0 Å². The smallest absolute Gasteiger partial charge is 0.0768 e. The molecule has 0 unspecified atom stereocenters. The molecule has 0 amide bonds. The van der Waals surface area contributed by atoms with E-state index in [1.807, 2.05) is 6.92 Å². The Hall–Kier alpha value is -0.160. The molecule has 1 aliphatic rings. The quantitative estimate of drug-likeness (QED) is 0.566. The molecule has 1 heterocycles. The van der Waals surface area contributed by atoms with Gasteiger partial charge in [-0.25, -0.2) is 0 Å². The Labute approximate surface area is 123 Å². The lowest BCUT2D eigenvalue weighted by Gasteiger charge is -2.44. The summed E-state index contributed by atoms with van der Waals surface area (Å²) in [7, 11) is 0. The molecule has 0 aromatic carbocycles. The molecular formula is C16H33NO3. The van der Waals surface area contributed by atoms with Gasteiger partial charge in [-0.1, -0.05) is 52.4 Å². The van der Waals surface area contributed by atoms with Gasteiger partial charge in [-0.15, -0.1) is 0 Å². The molecule has 0 radical (unpaired) electrons. The molecule has 0 aliphatic carbocycles. The van der Waals surface area contributed by atoms with Gasteiger partial charge in [-0.05, 0) is 13.0 Å². The second kappa shape index (κ2) is 9.72. The monoisotopic (exact) mass is 287 g/mol. The van der Waals surface area contributed by atoms with Crippen molar-refractivity contribution in [1.29, 1.82) is 0 Å². The fourth-order valence-electron chi connectivity index (χ4n) is 3.09. The van der Waals surface area contributed by atoms with Gasteiger partial charge < -0.3 is 15.3 Å². The van der Waals surface area contributed by atoms with Crippen LogP contribution in [0.15, 0.2) is 0 Å². The predicted molar refractivity (Wildman–Crippen MR) is 81.6 cm³/mol. The number of hydrogen-bond donors (Lipinski definition) is 3. The first kappa shape index (κ1) is 17.9. The Morgan fingerprint density at radius 3 is 2.20 bits per heavy atom. The van der Waals surface area contributed by atoms with Gasteiger partial charge >= 0.3 is 0 Å². The SMILES string of the molecule is CCCCCCCCCN1C[C@H](O)[C@@H](C)[C@H](O)[C@H]1CO. The average molecular weight is 287 g/mol. The van der Waals surface area contributed by atoms with E-state index in [-0.39, 0.29) is 18.6 Å². The van der Waals surface area contributed by atoms with Crippen LogP contribution in [0, 0.1) is 5.92 Å². The van der Waals surface area contributed by atoms with E-state index in [4.69, 9.17) is 0 Å². The maximum atomic E-state index is 10.1. The molecule has 1 fully saturated rings. The van der Waals surface area contributed by atoms with Crippen molar-refractivity contribution < 1.29 is 15.3 Å². The third-order valence-corrected chi connectivity index (χ3v) is 4.67. The van der Waals surface area contributed by atoms with E-state index in [1.165, 1.54) is 38.5 Å². The van der Waals surface area contributed by atoms with E-state index in [0.29, 0.717) is 6.54 Å². The summed E-state index contributed by atoms with van der Waals surface area (Å²) in [6, 6.07) is -0.214. The first-order valence-electron chi connectivity index (χ1n) is 8.32. The number of piperidine rings is 1. The number of β-amino-alcohol motifs (C(OH)–C–C–N with tert-alkyl or cyclic N) is 1. The van der Waals surface area contributed by atoms with Crippen molar-refractivity contribution in [2.24, 2.45) is 5.92 Å². The Bertz CT molecular complexity index is 250. The highest BCUT2D eigenvalue weighted by molar-refractivity contribution is 4.91. The summed E-state index contributed by atoms with van der Waals surface area (Å²) in [6.45, 7) is 5.47. The predicted octanol–water partition coefficient (Wildman–Crippen LogP) is 1.77. The second-order valence-electron chi connectivity index (χ2n) is 6.28. The zero-order valence-electron chi connectivity index (χ0n) is 13.2. The van der Waals surface area contributed by atoms with Crippen LogP contribution >= 0.6 is 0 Å². The van der Waals surface area contributed by atoms with Crippen LogP contribution < -0.4 is 0 Å². The fraction of sp³-hybridized carbons (Fsp3) is 1.00. The molecule has 1 aliphatic heterocycles. The Balaban J connectivity index is 2.24. The number of nitrogens with zero attached hydrogens (tertiary/aromatic N) is 1. The van der Waals surface area contributed by atoms with E-state index in [2.05, 4.69) is 11.8 Å². The number of likely N-dealkylation sites (tertiary alicyclic amines) is 1. The fourth-order valence-corrected chi connectivity index (χ4v) is 3.09. The Morgan fingerprint density at radius 1 is 1.00 bits per heavy atom. The summed E-state index contributed by atoms with van der Waals surface area (Å²) in [4.78, 5) is 2.06. The van der Waals surface area contributed by atoms with E-state index < -0.39 is 12.2 Å². The average Bonchev–Trinajstić information content (AvgIpc) is 2.44. The van der Waals surface area contributed by atoms with Gasteiger partial charge in [0.1, 0.15) is 0 Å². The first-order valence-corrected chi connectivity index (χ1v) is 8.32. The number of aliphatic hydroxyl groups is 3. The highest BCUT2D eigenvalue weighted by Crippen LogP contribution is 2.24. The normalized spacial score (nSPS) is 31.6. The molecule has 4 nitrogen and oxygen atoms in total. The maximum absolute atomic E-state index is 10.1. The third-order valence-electron chi connectivity index (χ3n) is 4.67. The minimum Gasteiger partial charge on any atom is -0.395 e. The zero-order valence-corrected chi connectivity index (χ0v) is 13.2. The number of hydrogen-bond acceptors (Lipinski definition) is 4. The number of aliphatic hydroxyl groups excluding tert-OH is 3. The summed E-state index contributed by atoms with van der Waals surface area (Å²) in [5, 5.41) is 29.5. The van der Waals surface area contributed by atoms with Crippen LogP contribution in [0.2, 0.25) is 0 Å². The molecule has 0 bridgehead atoms. The van der Waals surface area contributed by atoms with Crippen molar-refractivity contribution in [2.75, 3.05) is 19.7 Å². The van der Waals surface area contributed by atoms with Crippen molar-refractivity contribution in [3.63, 3.8) is 0 Å². The van der Waals surface area contributed by atoms with E-state index in [1.54, 1.807) is 0 Å². The van der Waals surface area contributed by atoms with Gasteiger partial charge in [0.15, 0.2) is 0 Å².